The zero-order chi connectivity index (χ0) is 21.1. The van der Waals surface area contributed by atoms with E-state index in [4.69, 9.17) is 4.74 Å². The summed E-state index contributed by atoms with van der Waals surface area (Å²) in [6.07, 6.45) is 3.12. The van der Waals surface area contributed by atoms with Crippen molar-refractivity contribution >= 4 is 23.2 Å². The molecule has 4 rings (SSSR count). The molecule has 156 valence electrons. The highest BCUT2D eigenvalue weighted by atomic mass is 32.1. The minimum atomic E-state index is -0.957. The van der Waals surface area contributed by atoms with Crippen LogP contribution in [-0.2, 0) is 9.53 Å². The van der Waals surface area contributed by atoms with Crippen LogP contribution in [0.1, 0.15) is 43.2 Å². The van der Waals surface area contributed by atoms with Gasteiger partial charge in [-0.1, -0.05) is 18.9 Å². The van der Waals surface area contributed by atoms with Crippen molar-refractivity contribution in [2.24, 2.45) is 0 Å². The highest BCUT2D eigenvalue weighted by Crippen LogP contribution is 2.26. The average molecular weight is 428 g/mol. The van der Waals surface area contributed by atoms with Gasteiger partial charge in [0.2, 0.25) is 0 Å². The third-order valence-electron chi connectivity index (χ3n) is 4.96. The Morgan fingerprint density at radius 3 is 2.63 bits per heavy atom. The van der Waals surface area contributed by atoms with Gasteiger partial charge in [-0.05, 0) is 55.5 Å². The summed E-state index contributed by atoms with van der Waals surface area (Å²) in [5.74, 6) is -1.22. The van der Waals surface area contributed by atoms with Crippen LogP contribution >= 0.6 is 11.3 Å². The van der Waals surface area contributed by atoms with Crippen LogP contribution in [0.25, 0.3) is 16.4 Å². The Bertz CT molecular complexity index is 1030. The van der Waals surface area contributed by atoms with Crippen LogP contribution in [-0.4, -0.2) is 38.8 Å². The van der Waals surface area contributed by atoms with Gasteiger partial charge in [0, 0.05) is 6.04 Å². The van der Waals surface area contributed by atoms with Crippen LogP contribution in [0.3, 0.4) is 0 Å². The van der Waals surface area contributed by atoms with E-state index in [0.29, 0.717) is 11.5 Å². The van der Waals surface area contributed by atoms with Gasteiger partial charge in [0.15, 0.2) is 11.9 Å². The van der Waals surface area contributed by atoms with Crippen LogP contribution in [0, 0.1) is 5.82 Å². The van der Waals surface area contributed by atoms with Crippen molar-refractivity contribution in [3.63, 3.8) is 0 Å². The predicted octanol–water partition coefficient (Wildman–Crippen LogP) is 3.74. The Morgan fingerprint density at radius 1 is 1.23 bits per heavy atom. The lowest BCUT2D eigenvalue weighted by atomic mass is 10.2. The molecule has 1 aliphatic rings. The molecular weight excluding hydrogens is 407 g/mol. The van der Waals surface area contributed by atoms with Crippen molar-refractivity contribution in [1.82, 2.24) is 20.1 Å². The molecule has 0 radical (unpaired) electrons. The molecule has 0 saturated heterocycles. The van der Waals surface area contributed by atoms with Gasteiger partial charge in [0.25, 0.3) is 11.7 Å². The number of rotatable bonds is 6. The third-order valence-corrected chi connectivity index (χ3v) is 5.82. The van der Waals surface area contributed by atoms with Crippen LogP contribution in [0.4, 0.5) is 4.39 Å². The second-order valence-corrected chi connectivity index (χ2v) is 8.11. The van der Waals surface area contributed by atoms with E-state index in [2.05, 4.69) is 15.4 Å². The fourth-order valence-electron chi connectivity index (χ4n) is 3.38. The van der Waals surface area contributed by atoms with Crippen molar-refractivity contribution in [3.05, 3.63) is 53.4 Å². The number of esters is 1. The maximum atomic E-state index is 13.3. The first kappa shape index (κ1) is 20.2. The molecule has 0 spiro atoms. The van der Waals surface area contributed by atoms with E-state index in [1.165, 1.54) is 35.1 Å². The molecule has 1 atom stereocenters. The lowest BCUT2D eigenvalue weighted by Crippen LogP contribution is -2.41. The number of hydrogen-bond donors (Lipinski definition) is 1. The number of amides is 1. The molecule has 2 heterocycles. The summed E-state index contributed by atoms with van der Waals surface area (Å²) in [6.45, 7) is 1.53. The molecule has 1 unspecified atom stereocenters. The summed E-state index contributed by atoms with van der Waals surface area (Å²) >= 11 is 1.44. The molecule has 7 nitrogen and oxygen atoms in total. The van der Waals surface area contributed by atoms with Crippen LogP contribution in [0.2, 0.25) is 0 Å². The number of carbonyl (C=O) groups is 2. The molecule has 0 bridgehead atoms. The van der Waals surface area contributed by atoms with E-state index in [0.717, 1.165) is 30.6 Å². The first-order chi connectivity index (χ1) is 14.5. The second-order valence-electron chi connectivity index (χ2n) is 7.16. The number of benzene rings is 1. The number of ether oxygens (including phenoxy) is 1. The van der Waals surface area contributed by atoms with E-state index in [-0.39, 0.29) is 23.6 Å². The van der Waals surface area contributed by atoms with Gasteiger partial charge in [-0.3, -0.25) is 4.79 Å². The molecule has 1 amide bonds. The van der Waals surface area contributed by atoms with Gasteiger partial charge in [0.1, 0.15) is 5.82 Å². The molecular formula is C21H21FN4O3S. The van der Waals surface area contributed by atoms with Crippen molar-refractivity contribution < 1.29 is 18.7 Å². The zero-order valence-corrected chi connectivity index (χ0v) is 17.2. The standard InChI is InChI=1S/C21H21FN4O3S/c1-13(20(27)23-15-5-2-3-6-15)29-21(28)18-24-19(17-7-4-12-30-17)26(25-18)16-10-8-14(22)9-11-16/h4,7-13,15H,2-3,5-6H2,1H3,(H,23,27). The smallest absolute Gasteiger partial charge is 0.379 e. The number of carbonyl (C=O) groups excluding carboxylic acids is 2. The number of nitrogens with one attached hydrogen (secondary N) is 1. The highest BCUT2D eigenvalue weighted by molar-refractivity contribution is 7.13. The largest absolute Gasteiger partial charge is 0.447 e. The Labute approximate surface area is 176 Å². The number of halogens is 1. The van der Waals surface area contributed by atoms with Crippen molar-refractivity contribution in [1.29, 1.82) is 0 Å². The summed E-state index contributed by atoms with van der Waals surface area (Å²) in [7, 11) is 0. The van der Waals surface area contributed by atoms with E-state index >= 15 is 0 Å². The first-order valence-corrected chi connectivity index (χ1v) is 10.7. The van der Waals surface area contributed by atoms with E-state index in [1.54, 1.807) is 12.1 Å². The SMILES string of the molecule is CC(OC(=O)c1nc(-c2cccs2)n(-c2ccc(F)cc2)n1)C(=O)NC1CCCC1. The van der Waals surface area contributed by atoms with Crippen molar-refractivity contribution in [2.45, 2.75) is 44.8 Å². The molecule has 30 heavy (non-hydrogen) atoms. The van der Waals surface area contributed by atoms with Crippen LogP contribution in [0.15, 0.2) is 41.8 Å². The normalized spacial score (nSPS) is 15.1. The van der Waals surface area contributed by atoms with E-state index in [9.17, 15) is 14.0 Å². The second kappa shape index (κ2) is 8.74. The molecule has 1 N–H and O–H groups in total. The molecule has 0 aliphatic heterocycles. The Morgan fingerprint density at radius 2 is 1.97 bits per heavy atom. The molecule has 1 saturated carbocycles. The van der Waals surface area contributed by atoms with Crippen LogP contribution in [0.5, 0.6) is 0 Å². The number of aromatic nitrogens is 3. The molecule has 1 fully saturated rings. The third kappa shape index (κ3) is 4.40. The number of nitrogens with zero attached hydrogens (tertiary/aromatic N) is 3. The van der Waals surface area contributed by atoms with Crippen molar-refractivity contribution in [3.8, 4) is 16.4 Å². The molecule has 1 aliphatic carbocycles. The van der Waals surface area contributed by atoms with E-state index < -0.39 is 12.1 Å². The van der Waals surface area contributed by atoms with Gasteiger partial charge >= 0.3 is 5.97 Å². The van der Waals surface area contributed by atoms with E-state index in [1.807, 2.05) is 17.5 Å². The minimum Gasteiger partial charge on any atom is -0.447 e. The van der Waals surface area contributed by atoms with Crippen molar-refractivity contribution in [2.75, 3.05) is 0 Å². The topological polar surface area (TPSA) is 86.1 Å². The summed E-state index contributed by atoms with van der Waals surface area (Å²) < 4.78 is 20.1. The lowest BCUT2D eigenvalue weighted by Gasteiger charge is -2.16. The van der Waals surface area contributed by atoms with Gasteiger partial charge in [0.05, 0.1) is 10.6 Å². The Kier molecular flexibility index (Phi) is 5.89. The predicted molar refractivity (Wildman–Crippen MR) is 110 cm³/mol. The Hall–Kier alpha value is -3.07. The van der Waals surface area contributed by atoms with Gasteiger partial charge < -0.3 is 10.1 Å². The fourth-order valence-corrected chi connectivity index (χ4v) is 4.08. The maximum absolute atomic E-state index is 13.3. The minimum absolute atomic E-state index is 0.139. The first-order valence-electron chi connectivity index (χ1n) is 9.79. The fraction of sp³-hybridized carbons (Fsp3) is 0.333. The molecule has 1 aromatic carbocycles. The number of hydrogen-bond acceptors (Lipinski definition) is 6. The van der Waals surface area contributed by atoms with Gasteiger partial charge in [-0.2, -0.15) is 4.98 Å². The summed E-state index contributed by atoms with van der Waals surface area (Å²) in [5, 5.41) is 9.06. The quantitative estimate of drug-likeness (QED) is 0.605. The summed E-state index contributed by atoms with van der Waals surface area (Å²) in [6, 6.07) is 9.56. The number of thiophene rings is 1. The summed E-state index contributed by atoms with van der Waals surface area (Å²) in [5.41, 5.74) is 0.554. The average Bonchev–Trinajstić information content (AvgIpc) is 3.49. The Balaban J connectivity index is 1.54. The monoisotopic (exact) mass is 428 g/mol. The van der Waals surface area contributed by atoms with Gasteiger partial charge in [-0.15, -0.1) is 16.4 Å². The molecule has 9 heteroatoms. The molecule has 3 aromatic rings. The molecule has 2 aromatic heterocycles. The van der Waals surface area contributed by atoms with Gasteiger partial charge in [-0.25, -0.2) is 13.9 Å². The zero-order valence-electron chi connectivity index (χ0n) is 16.4. The maximum Gasteiger partial charge on any atom is 0.379 e. The summed E-state index contributed by atoms with van der Waals surface area (Å²) in [4.78, 5) is 30.0. The lowest BCUT2D eigenvalue weighted by molar-refractivity contribution is -0.129. The highest BCUT2D eigenvalue weighted by Gasteiger charge is 2.26. The van der Waals surface area contributed by atoms with Crippen LogP contribution < -0.4 is 5.32 Å².